The van der Waals surface area contributed by atoms with Gasteiger partial charge in [0.2, 0.25) is 0 Å². The van der Waals surface area contributed by atoms with Gasteiger partial charge >= 0.3 is 0 Å². The Bertz CT molecular complexity index is 173. The van der Waals surface area contributed by atoms with Crippen LogP contribution in [0.4, 0.5) is 0 Å². The van der Waals surface area contributed by atoms with Gasteiger partial charge in [-0.05, 0) is 31.1 Å². The van der Waals surface area contributed by atoms with Crippen LogP contribution in [0.15, 0.2) is 0 Å². The van der Waals surface area contributed by atoms with Crippen molar-refractivity contribution in [3.05, 3.63) is 0 Å². The maximum atomic E-state index is 9.86. The predicted octanol–water partition coefficient (Wildman–Crippen LogP) is 2.05. The quantitative estimate of drug-likeness (QED) is 0.724. The van der Waals surface area contributed by atoms with Crippen molar-refractivity contribution >= 4 is 0 Å². The molecule has 2 rings (SSSR count). The highest BCUT2D eigenvalue weighted by atomic mass is 16.3. The van der Waals surface area contributed by atoms with Crippen molar-refractivity contribution in [2.45, 2.75) is 63.5 Å². The molecule has 2 unspecified atom stereocenters. The molecule has 0 heterocycles. The molecule has 0 aromatic heterocycles. The Morgan fingerprint density at radius 3 is 2.29 bits per heavy atom. The minimum atomic E-state index is -0.211. The van der Waals surface area contributed by atoms with E-state index >= 15 is 0 Å². The Hall–Kier alpha value is -0.0800. The van der Waals surface area contributed by atoms with Gasteiger partial charge < -0.3 is 10.8 Å². The molecule has 0 amide bonds. The molecule has 0 aromatic carbocycles. The van der Waals surface area contributed by atoms with E-state index in [4.69, 9.17) is 5.73 Å². The lowest BCUT2D eigenvalue weighted by molar-refractivity contribution is 0.106. The third-order valence-corrected chi connectivity index (χ3v) is 3.87. The van der Waals surface area contributed by atoms with Gasteiger partial charge in [-0.25, -0.2) is 0 Å². The summed E-state index contributed by atoms with van der Waals surface area (Å²) in [6.07, 6.45) is 10.1. The first-order valence-corrected chi connectivity index (χ1v) is 6.21. The van der Waals surface area contributed by atoms with E-state index in [9.17, 15) is 5.11 Å². The van der Waals surface area contributed by atoms with E-state index in [1.54, 1.807) is 0 Å². The predicted molar refractivity (Wildman–Crippen MR) is 57.9 cm³/mol. The Morgan fingerprint density at radius 2 is 1.71 bits per heavy atom. The molecule has 2 nitrogen and oxygen atoms in total. The monoisotopic (exact) mass is 197 g/mol. The Balaban J connectivity index is 1.71. The van der Waals surface area contributed by atoms with Crippen LogP contribution < -0.4 is 5.73 Å². The van der Waals surface area contributed by atoms with Gasteiger partial charge in [0.1, 0.15) is 0 Å². The molecular weight excluding hydrogens is 174 g/mol. The summed E-state index contributed by atoms with van der Waals surface area (Å²) in [5.74, 6) is 1.33. The van der Waals surface area contributed by atoms with Gasteiger partial charge in [0.25, 0.3) is 0 Å². The largest absolute Gasteiger partial charge is 0.391 e. The summed E-state index contributed by atoms with van der Waals surface area (Å²) in [5.41, 5.74) is 6.04. The van der Waals surface area contributed by atoms with Crippen molar-refractivity contribution in [3.8, 4) is 0 Å². The second kappa shape index (κ2) is 4.63. The molecular formula is C12H23NO. The SMILES string of the molecule is NC(CC1CCCCC1)C(O)C1CC1. The average Bonchev–Trinajstić information content (AvgIpc) is 3.01. The summed E-state index contributed by atoms with van der Waals surface area (Å²) in [4.78, 5) is 0. The van der Waals surface area contributed by atoms with Crippen LogP contribution in [-0.2, 0) is 0 Å². The second-order valence-electron chi connectivity index (χ2n) is 5.23. The second-order valence-corrected chi connectivity index (χ2v) is 5.23. The van der Waals surface area contributed by atoms with Gasteiger partial charge in [0.15, 0.2) is 0 Å². The van der Waals surface area contributed by atoms with Crippen molar-refractivity contribution in [2.24, 2.45) is 17.6 Å². The van der Waals surface area contributed by atoms with Crippen molar-refractivity contribution in [1.29, 1.82) is 0 Å². The maximum Gasteiger partial charge on any atom is 0.0719 e. The highest BCUT2D eigenvalue weighted by Gasteiger charge is 2.34. The fraction of sp³-hybridized carbons (Fsp3) is 1.00. The number of rotatable bonds is 4. The Morgan fingerprint density at radius 1 is 1.07 bits per heavy atom. The zero-order valence-electron chi connectivity index (χ0n) is 8.99. The van der Waals surface area contributed by atoms with Gasteiger partial charge in [-0.2, -0.15) is 0 Å². The summed E-state index contributed by atoms with van der Waals surface area (Å²) < 4.78 is 0. The molecule has 82 valence electrons. The molecule has 2 atom stereocenters. The van der Waals surface area contributed by atoms with E-state index in [-0.39, 0.29) is 12.1 Å². The molecule has 0 aromatic rings. The van der Waals surface area contributed by atoms with Crippen molar-refractivity contribution in [1.82, 2.24) is 0 Å². The van der Waals surface area contributed by atoms with Crippen molar-refractivity contribution in [3.63, 3.8) is 0 Å². The van der Waals surface area contributed by atoms with Crippen LogP contribution in [0.2, 0.25) is 0 Å². The van der Waals surface area contributed by atoms with Gasteiger partial charge in [-0.1, -0.05) is 32.1 Å². The number of hydrogen-bond acceptors (Lipinski definition) is 2. The standard InChI is InChI=1S/C12H23NO/c13-11(12(14)10-6-7-10)8-9-4-2-1-3-5-9/h9-12,14H,1-8,13H2. The van der Waals surface area contributed by atoms with Crippen LogP contribution in [0.1, 0.15) is 51.4 Å². The minimum Gasteiger partial charge on any atom is -0.391 e. The van der Waals surface area contributed by atoms with E-state index in [2.05, 4.69) is 0 Å². The fourth-order valence-electron chi connectivity index (χ4n) is 2.73. The molecule has 2 aliphatic rings. The molecule has 2 aliphatic carbocycles. The van der Waals surface area contributed by atoms with Crippen LogP contribution in [-0.4, -0.2) is 17.3 Å². The molecule has 2 saturated carbocycles. The van der Waals surface area contributed by atoms with Gasteiger partial charge in [0.05, 0.1) is 6.10 Å². The van der Waals surface area contributed by atoms with Gasteiger partial charge in [0, 0.05) is 6.04 Å². The molecule has 2 fully saturated rings. The van der Waals surface area contributed by atoms with Crippen LogP contribution >= 0.6 is 0 Å². The first kappa shape index (κ1) is 10.4. The van der Waals surface area contributed by atoms with Crippen molar-refractivity contribution in [2.75, 3.05) is 0 Å². The normalized spacial score (nSPS) is 28.7. The highest BCUT2D eigenvalue weighted by molar-refractivity contribution is 4.88. The third kappa shape index (κ3) is 2.71. The molecule has 14 heavy (non-hydrogen) atoms. The fourth-order valence-corrected chi connectivity index (χ4v) is 2.73. The van der Waals surface area contributed by atoms with E-state index in [0.29, 0.717) is 5.92 Å². The molecule has 0 aliphatic heterocycles. The summed E-state index contributed by atoms with van der Waals surface area (Å²) in [5, 5.41) is 9.86. The Kier molecular flexibility index (Phi) is 3.45. The van der Waals surface area contributed by atoms with E-state index < -0.39 is 0 Å². The summed E-state index contributed by atoms with van der Waals surface area (Å²) >= 11 is 0. The lowest BCUT2D eigenvalue weighted by atomic mass is 9.83. The minimum absolute atomic E-state index is 0.0469. The highest BCUT2D eigenvalue weighted by Crippen LogP contribution is 2.36. The Labute approximate surface area is 86.9 Å². The van der Waals surface area contributed by atoms with E-state index in [0.717, 1.165) is 12.3 Å². The van der Waals surface area contributed by atoms with Crippen molar-refractivity contribution < 1.29 is 5.11 Å². The molecule has 2 heteroatoms. The third-order valence-electron chi connectivity index (χ3n) is 3.87. The number of aliphatic hydroxyl groups excluding tert-OH is 1. The van der Waals surface area contributed by atoms with Crippen LogP contribution in [0.5, 0.6) is 0 Å². The lowest BCUT2D eigenvalue weighted by Crippen LogP contribution is -2.38. The number of nitrogens with two attached hydrogens (primary N) is 1. The van der Waals surface area contributed by atoms with Crippen LogP contribution in [0.25, 0.3) is 0 Å². The summed E-state index contributed by atoms with van der Waals surface area (Å²) in [6.45, 7) is 0. The molecule has 0 bridgehead atoms. The molecule has 0 saturated heterocycles. The maximum absolute atomic E-state index is 9.86. The molecule has 3 N–H and O–H groups in total. The smallest absolute Gasteiger partial charge is 0.0719 e. The van der Waals surface area contributed by atoms with E-state index in [1.165, 1.54) is 44.9 Å². The zero-order chi connectivity index (χ0) is 9.97. The summed E-state index contributed by atoms with van der Waals surface area (Å²) in [6, 6.07) is 0.0469. The average molecular weight is 197 g/mol. The molecule has 0 spiro atoms. The topological polar surface area (TPSA) is 46.2 Å². The van der Waals surface area contributed by atoms with Gasteiger partial charge in [-0.3, -0.25) is 0 Å². The van der Waals surface area contributed by atoms with Gasteiger partial charge in [-0.15, -0.1) is 0 Å². The van der Waals surface area contributed by atoms with Crippen LogP contribution in [0, 0.1) is 11.8 Å². The number of hydrogen-bond donors (Lipinski definition) is 2. The lowest BCUT2D eigenvalue weighted by Gasteiger charge is -2.27. The first-order valence-electron chi connectivity index (χ1n) is 6.21. The number of aliphatic hydroxyl groups is 1. The van der Waals surface area contributed by atoms with Crippen LogP contribution in [0.3, 0.4) is 0 Å². The zero-order valence-corrected chi connectivity index (χ0v) is 8.99. The van der Waals surface area contributed by atoms with E-state index in [1.807, 2.05) is 0 Å². The first-order chi connectivity index (χ1) is 6.77. The molecule has 0 radical (unpaired) electrons. The summed E-state index contributed by atoms with van der Waals surface area (Å²) in [7, 11) is 0.